The molecule has 2 heterocycles. The number of morpholine rings is 1. The Hall–Kier alpha value is -1.40. The van der Waals surface area contributed by atoms with Crippen molar-refractivity contribution in [1.82, 2.24) is 9.88 Å². The number of amides is 1. The number of carbonyl (C=O) groups excluding carboxylic acids is 1. The Labute approximate surface area is 115 Å². The van der Waals surface area contributed by atoms with Gasteiger partial charge in [0.1, 0.15) is 0 Å². The number of hydrogen-bond acceptors (Lipinski definition) is 4. The SMILES string of the molecule is O=C(CCNc1ncc(Cl)cc1F)N1CCOCC1. The van der Waals surface area contributed by atoms with E-state index in [9.17, 15) is 9.18 Å². The van der Waals surface area contributed by atoms with Crippen LogP contribution >= 0.6 is 11.6 Å². The lowest BCUT2D eigenvalue weighted by Crippen LogP contribution is -2.41. The molecule has 104 valence electrons. The van der Waals surface area contributed by atoms with Gasteiger partial charge in [-0.2, -0.15) is 0 Å². The molecule has 0 aromatic carbocycles. The van der Waals surface area contributed by atoms with Gasteiger partial charge < -0.3 is 15.0 Å². The van der Waals surface area contributed by atoms with Crippen LogP contribution < -0.4 is 5.32 Å². The van der Waals surface area contributed by atoms with Crippen molar-refractivity contribution >= 4 is 23.3 Å². The average Bonchev–Trinajstić information content (AvgIpc) is 2.42. The van der Waals surface area contributed by atoms with E-state index in [1.807, 2.05) is 0 Å². The molecule has 1 N–H and O–H groups in total. The lowest BCUT2D eigenvalue weighted by molar-refractivity contribution is -0.134. The summed E-state index contributed by atoms with van der Waals surface area (Å²) < 4.78 is 18.6. The summed E-state index contributed by atoms with van der Waals surface area (Å²) in [6.45, 7) is 2.72. The highest BCUT2D eigenvalue weighted by atomic mass is 35.5. The van der Waals surface area contributed by atoms with Crippen molar-refractivity contribution in [3.8, 4) is 0 Å². The van der Waals surface area contributed by atoms with Crippen molar-refractivity contribution in [3.05, 3.63) is 23.1 Å². The molecule has 1 amide bonds. The van der Waals surface area contributed by atoms with Crippen molar-refractivity contribution in [3.63, 3.8) is 0 Å². The highest BCUT2D eigenvalue weighted by Gasteiger charge is 2.16. The molecule has 0 spiro atoms. The summed E-state index contributed by atoms with van der Waals surface area (Å²) in [5.41, 5.74) is 0. The van der Waals surface area contributed by atoms with Crippen molar-refractivity contribution in [2.75, 3.05) is 38.2 Å². The fourth-order valence-corrected chi connectivity index (χ4v) is 1.95. The van der Waals surface area contributed by atoms with Crippen LogP contribution in [0.1, 0.15) is 6.42 Å². The number of aromatic nitrogens is 1. The van der Waals surface area contributed by atoms with Crippen molar-refractivity contribution in [2.45, 2.75) is 6.42 Å². The molecular formula is C12H15ClFN3O2. The average molecular weight is 288 g/mol. The van der Waals surface area contributed by atoms with Gasteiger partial charge in [0, 0.05) is 32.3 Å². The zero-order valence-corrected chi connectivity index (χ0v) is 11.1. The van der Waals surface area contributed by atoms with Crippen LogP contribution in [-0.4, -0.2) is 48.6 Å². The van der Waals surface area contributed by atoms with E-state index >= 15 is 0 Å². The Balaban J connectivity index is 1.78. The lowest BCUT2D eigenvalue weighted by Gasteiger charge is -2.26. The molecule has 1 aromatic rings. The van der Waals surface area contributed by atoms with E-state index < -0.39 is 5.82 Å². The number of hydrogen-bond donors (Lipinski definition) is 1. The Morgan fingerprint density at radius 3 is 2.95 bits per heavy atom. The largest absolute Gasteiger partial charge is 0.378 e. The molecule has 1 aliphatic rings. The van der Waals surface area contributed by atoms with E-state index in [2.05, 4.69) is 10.3 Å². The van der Waals surface area contributed by atoms with E-state index in [1.54, 1.807) is 4.90 Å². The minimum Gasteiger partial charge on any atom is -0.378 e. The maximum Gasteiger partial charge on any atom is 0.224 e. The Morgan fingerprint density at radius 2 is 2.26 bits per heavy atom. The Morgan fingerprint density at radius 1 is 1.53 bits per heavy atom. The minimum atomic E-state index is -0.522. The molecule has 1 aromatic heterocycles. The molecule has 1 fully saturated rings. The molecule has 0 saturated carbocycles. The molecule has 0 radical (unpaired) electrons. The predicted molar refractivity (Wildman–Crippen MR) is 69.7 cm³/mol. The number of rotatable bonds is 4. The van der Waals surface area contributed by atoms with Gasteiger partial charge in [-0.25, -0.2) is 9.37 Å². The summed E-state index contributed by atoms with van der Waals surface area (Å²) in [4.78, 5) is 17.4. The van der Waals surface area contributed by atoms with Gasteiger partial charge in [-0.3, -0.25) is 4.79 Å². The van der Waals surface area contributed by atoms with E-state index in [0.717, 1.165) is 0 Å². The molecule has 5 nitrogen and oxygen atoms in total. The van der Waals surface area contributed by atoms with E-state index in [4.69, 9.17) is 16.3 Å². The number of nitrogens with zero attached hydrogens (tertiary/aromatic N) is 2. The summed E-state index contributed by atoms with van der Waals surface area (Å²) in [5.74, 6) is -0.379. The third-order valence-electron chi connectivity index (χ3n) is 2.80. The molecule has 0 unspecified atom stereocenters. The fourth-order valence-electron chi connectivity index (χ4n) is 1.80. The van der Waals surface area contributed by atoms with Crippen molar-refractivity contribution in [1.29, 1.82) is 0 Å². The third kappa shape index (κ3) is 4.04. The van der Waals surface area contributed by atoms with Crippen LogP contribution in [0.4, 0.5) is 10.2 Å². The van der Waals surface area contributed by atoms with E-state index in [0.29, 0.717) is 39.3 Å². The summed E-state index contributed by atoms with van der Waals surface area (Å²) >= 11 is 5.60. The molecule has 0 aliphatic carbocycles. The first kappa shape index (κ1) is 14.0. The highest BCUT2D eigenvalue weighted by molar-refractivity contribution is 6.30. The summed E-state index contributed by atoms with van der Waals surface area (Å²) in [5, 5.41) is 3.03. The second-order valence-electron chi connectivity index (χ2n) is 4.15. The van der Waals surface area contributed by atoms with Crippen LogP contribution in [0.2, 0.25) is 5.02 Å². The normalized spacial score (nSPS) is 15.4. The lowest BCUT2D eigenvalue weighted by atomic mass is 10.3. The molecule has 19 heavy (non-hydrogen) atoms. The van der Waals surface area contributed by atoms with Gasteiger partial charge in [0.2, 0.25) is 5.91 Å². The molecule has 0 bridgehead atoms. The van der Waals surface area contributed by atoms with E-state index in [1.165, 1.54) is 12.3 Å². The zero-order chi connectivity index (χ0) is 13.7. The molecule has 1 aliphatic heterocycles. The van der Waals surface area contributed by atoms with Crippen LogP contribution in [0.15, 0.2) is 12.3 Å². The van der Waals surface area contributed by atoms with Crippen LogP contribution in [0.25, 0.3) is 0 Å². The van der Waals surface area contributed by atoms with Gasteiger partial charge in [0.05, 0.1) is 18.2 Å². The Kier molecular flexibility index (Phi) is 4.93. The van der Waals surface area contributed by atoms with Crippen LogP contribution in [0, 0.1) is 5.82 Å². The standard InChI is InChI=1S/C12H15ClFN3O2/c13-9-7-10(14)12(16-8-9)15-2-1-11(18)17-3-5-19-6-4-17/h7-8H,1-6H2,(H,15,16). The zero-order valence-electron chi connectivity index (χ0n) is 10.4. The van der Waals surface area contributed by atoms with Gasteiger partial charge in [-0.15, -0.1) is 0 Å². The predicted octanol–water partition coefficient (Wildman–Crippen LogP) is 1.53. The van der Waals surface area contributed by atoms with Crippen LogP contribution in [0.5, 0.6) is 0 Å². The van der Waals surface area contributed by atoms with Crippen LogP contribution in [-0.2, 0) is 9.53 Å². The number of anilines is 1. The fraction of sp³-hybridized carbons (Fsp3) is 0.500. The molecule has 7 heteroatoms. The van der Waals surface area contributed by atoms with Crippen molar-refractivity contribution in [2.24, 2.45) is 0 Å². The first-order valence-electron chi connectivity index (χ1n) is 6.07. The van der Waals surface area contributed by atoms with Crippen molar-refractivity contribution < 1.29 is 13.9 Å². The number of ether oxygens (including phenoxy) is 1. The quantitative estimate of drug-likeness (QED) is 0.913. The first-order chi connectivity index (χ1) is 9.16. The monoisotopic (exact) mass is 287 g/mol. The topological polar surface area (TPSA) is 54.5 Å². The summed E-state index contributed by atoms with van der Waals surface area (Å²) in [6, 6.07) is 1.18. The highest BCUT2D eigenvalue weighted by Crippen LogP contribution is 2.15. The molecular weight excluding hydrogens is 273 g/mol. The molecule has 1 saturated heterocycles. The Bertz CT molecular complexity index is 453. The summed E-state index contributed by atoms with van der Waals surface area (Å²) in [6.07, 6.45) is 1.65. The van der Waals surface area contributed by atoms with E-state index in [-0.39, 0.29) is 16.7 Å². The molecule has 2 rings (SSSR count). The second-order valence-corrected chi connectivity index (χ2v) is 4.59. The van der Waals surface area contributed by atoms with Gasteiger partial charge in [0.25, 0.3) is 0 Å². The third-order valence-corrected chi connectivity index (χ3v) is 3.01. The smallest absolute Gasteiger partial charge is 0.224 e. The van der Waals surface area contributed by atoms with Gasteiger partial charge >= 0.3 is 0 Å². The van der Waals surface area contributed by atoms with Gasteiger partial charge in [-0.05, 0) is 6.07 Å². The maximum absolute atomic E-state index is 13.4. The number of halogens is 2. The second kappa shape index (κ2) is 6.68. The maximum atomic E-state index is 13.4. The van der Waals surface area contributed by atoms with Gasteiger partial charge in [0.15, 0.2) is 11.6 Å². The van der Waals surface area contributed by atoms with Gasteiger partial charge in [-0.1, -0.05) is 11.6 Å². The summed E-state index contributed by atoms with van der Waals surface area (Å²) in [7, 11) is 0. The molecule has 0 atom stereocenters. The van der Waals surface area contributed by atoms with Crippen LogP contribution in [0.3, 0.4) is 0 Å². The number of carbonyl (C=O) groups is 1. The first-order valence-corrected chi connectivity index (χ1v) is 6.45. The number of pyridine rings is 1. The minimum absolute atomic E-state index is 0.0326. The number of nitrogens with one attached hydrogen (secondary N) is 1.